The SMILES string of the molecule is CNC(C)C(=O)Nc1ccc(-c2ccccc2)n(Cc2cccc(N(C)c3ccc(F)cc3)c2)c1=O. The average molecular weight is 485 g/mol. The second-order valence-corrected chi connectivity index (χ2v) is 8.59. The molecule has 1 atom stereocenters. The van der Waals surface area contributed by atoms with Gasteiger partial charge in [-0.3, -0.25) is 9.59 Å². The van der Waals surface area contributed by atoms with Crippen LogP contribution in [0.4, 0.5) is 21.5 Å². The summed E-state index contributed by atoms with van der Waals surface area (Å²) >= 11 is 0. The zero-order chi connectivity index (χ0) is 25.7. The summed E-state index contributed by atoms with van der Waals surface area (Å²) in [5.74, 6) is -0.568. The molecule has 0 fully saturated rings. The summed E-state index contributed by atoms with van der Waals surface area (Å²) in [5, 5.41) is 5.63. The smallest absolute Gasteiger partial charge is 0.275 e. The number of amides is 1. The van der Waals surface area contributed by atoms with E-state index in [-0.39, 0.29) is 23.0 Å². The lowest BCUT2D eigenvalue weighted by molar-refractivity contribution is -0.117. The molecule has 0 aliphatic rings. The zero-order valence-corrected chi connectivity index (χ0v) is 20.5. The second-order valence-electron chi connectivity index (χ2n) is 8.59. The molecule has 0 bridgehead atoms. The van der Waals surface area contributed by atoms with Crippen LogP contribution in [0.25, 0.3) is 11.3 Å². The fraction of sp³-hybridized carbons (Fsp3) is 0.172. The number of hydrogen-bond acceptors (Lipinski definition) is 4. The number of carbonyl (C=O) groups is 1. The van der Waals surface area contributed by atoms with Crippen LogP contribution < -0.4 is 21.1 Å². The molecular weight excluding hydrogens is 455 g/mol. The lowest BCUT2D eigenvalue weighted by atomic mass is 10.1. The van der Waals surface area contributed by atoms with Gasteiger partial charge >= 0.3 is 0 Å². The van der Waals surface area contributed by atoms with Gasteiger partial charge in [0, 0.05) is 18.4 Å². The van der Waals surface area contributed by atoms with Crippen LogP contribution in [0.15, 0.2) is 95.8 Å². The van der Waals surface area contributed by atoms with E-state index in [2.05, 4.69) is 10.6 Å². The van der Waals surface area contributed by atoms with Crippen molar-refractivity contribution >= 4 is 23.0 Å². The first-order valence-corrected chi connectivity index (χ1v) is 11.7. The number of nitrogens with one attached hydrogen (secondary N) is 2. The van der Waals surface area contributed by atoms with Gasteiger partial charge in [0.2, 0.25) is 5.91 Å². The fourth-order valence-electron chi connectivity index (χ4n) is 3.92. The van der Waals surface area contributed by atoms with Gasteiger partial charge in [-0.1, -0.05) is 42.5 Å². The van der Waals surface area contributed by atoms with Crippen molar-refractivity contribution in [1.82, 2.24) is 9.88 Å². The summed E-state index contributed by atoms with van der Waals surface area (Å²) in [4.78, 5) is 28.0. The number of nitrogens with zero attached hydrogens (tertiary/aromatic N) is 2. The molecule has 1 amide bonds. The van der Waals surface area contributed by atoms with Crippen LogP contribution >= 0.6 is 0 Å². The van der Waals surface area contributed by atoms with Crippen molar-refractivity contribution in [1.29, 1.82) is 0 Å². The van der Waals surface area contributed by atoms with E-state index >= 15 is 0 Å². The number of benzene rings is 3. The molecule has 2 N–H and O–H groups in total. The molecule has 0 saturated carbocycles. The van der Waals surface area contributed by atoms with Crippen LogP contribution in [-0.2, 0) is 11.3 Å². The molecule has 0 spiro atoms. The summed E-state index contributed by atoms with van der Waals surface area (Å²) < 4.78 is 15.0. The first-order valence-electron chi connectivity index (χ1n) is 11.7. The van der Waals surface area contributed by atoms with E-state index in [9.17, 15) is 14.0 Å². The van der Waals surface area contributed by atoms with Crippen LogP contribution in [0.5, 0.6) is 0 Å². The highest BCUT2D eigenvalue weighted by atomic mass is 19.1. The highest BCUT2D eigenvalue weighted by Crippen LogP contribution is 2.26. The molecule has 1 aromatic heterocycles. The Labute approximate surface area is 210 Å². The first-order chi connectivity index (χ1) is 17.4. The Hall–Kier alpha value is -4.23. The number of halogens is 1. The molecule has 0 aliphatic carbocycles. The second kappa shape index (κ2) is 11.0. The van der Waals surface area contributed by atoms with Crippen LogP contribution in [0.2, 0.25) is 0 Å². The van der Waals surface area contributed by atoms with Gasteiger partial charge in [0.1, 0.15) is 11.5 Å². The summed E-state index contributed by atoms with van der Waals surface area (Å²) in [5.41, 5.74) is 4.24. The number of anilines is 3. The van der Waals surface area contributed by atoms with Gasteiger partial charge in [0.05, 0.1) is 18.3 Å². The Balaban J connectivity index is 1.72. The average Bonchev–Trinajstić information content (AvgIpc) is 2.91. The van der Waals surface area contributed by atoms with Gasteiger partial charge in [-0.25, -0.2) is 4.39 Å². The van der Waals surface area contributed by atoms with Crippen LogP contribution in [-0.4, -0.2) is 30.6 Å². The maximum absolute atomic E-state index is 13.6. The van der Waals surface area contributed by atoms with Gasteiger partial charge in [-0.15, -0.1) is 0 Å². The van der Waals surface area contributed by atoms with Crippen molar-refractivity contribution in [2.75, 3.05) is 24.3 Å². The van der Waals surface area contributed by atoms with Crippen molar-refractivity contribution < 1.29 is 9.18 Å². The molecule has 6 nitrogen and oxygen atoms in total. The largest absolute Gasteiger partial charge is 0.345 e. The predicted molar refractivity (Wildman–Crippen MR) is 143 cm³/mol. The monoisotopic (exact) mass is 484 g/mol. The summed E-state index contributed by atoms with van der Waals surface area (Å²) in [6.07, 6.45) is 0. The molecule has 1 heterocycles. The minimum absolute atomic E-state index is 0.223. The highest BCUT2D eigenvalue weighted by Gasteiger charge is 2.16. The zero-order valence-electron chi connectivity index (χ0n) is 20.5. The van der Waals surface area contributed by atoms with E-state index < -0.39 is 6.04 Å². The third kappa shape index (κ3) is 5.53. The number of likely N-dealkylation sites (N-methyl/N-ethyl adjacent to an activating group) is 1. The van der Waals surface area contributed by atoms with E-state index in [0.717, 1.165) is 28.2 Å². The molecule has 36 heavy (non-hydrogen) atoms. The Morgan fingerprint density at radius 1 is 0.944 bits per heavy atom. The molecule has 0 aliphatic heterocycles. The van der Waals surface area contributed by atoms with E-state index in [0.29, 0.717) is 6.54 Å². The lowest BCUT2D eigenvalue weighted by Gasteiger charge is -2.21. The van der Waals surface area contributed by atoms with Gasteiger partial charge in [0.25, 0.3) is 5.56 Å². The topological polar surface area (TPSA) is 66.4 Å². The quantitative estimate of drug-likeness (QED) is 0.369. The summed E-state index contributed by atoms with van der Waals surface area (Å²) in [6.45, 7) is 2.04. The minimum Gasteiger partial charge on any atom is -0.345 e. The van der Waals surface area contributed by atoms with Crippen molar-refractivity contribution in [3.8, 4) is 11.3 Å². The number of hydrogen-bond donors (Lipinski definition) is 2. The number of aromatic nitrogens is 1. The third-order valence-corrected chi connectivity index (χ3v) is 6.18. The van der Waals surface area contributed by atoms with Gasteiger partial charge in [-0.2, -0.15) is 0 Å². The normalized spacial score (nSPS) is 11.7. The predicted octanol–water partition coefficient (Wildman–Crippen LogP) is 5.02. The molecule has 184 valence electrons. The molecule has 0 radical (unpaired) electrons. The van der Waals surface area contributed by atoms with Crippen LogP contribution in [0, 0.1) is 5.82 Å². The Kier molecular flexibility index (Phi) is 7.61. The van der Waals surface area contributed by atoms with Gasteiger partial charge in [0.15, 0.2) is 0 Å². The van der Waals surface area contributed by atoms with Gasteiger partial charge < -0.3 is 20.1 Å². The molecule has 3 aromatic carbocycles. The van der Waals surface area contributed by atoms with Crippen molar-refractivity contribution in [2.24, 2.45) is 0 Å². The Morgan fingerprint density at radius 2 is 1.67 bits per heavy atom. The molecule has 4 aromatic rings. The summed E-state index contributed by atoms with van der Waals surface area (Å²) in [6, 6.07) is 26.9. The number of pyridine rings is 1. The van der Waals surface area contributed by atoms with Crippen LogP contribution in [0.3, 0.4) is 0 Å². The molecule has 1 unspecified atom stereocenters. The Morgan fingerprint density at radius 3 is 2.36 bits per heavy atom. The van der Waals surface area contributed by atoms with E-state index in [1.54, 1.807) is 36.7 Å². The van der Waals surface area contributed by atoms with Crippen molar-refractivity contribution in [2.45, 2.75) is 19.5 Å². The maximum atomic E-state index is 13.6. The first kappa shape index (κ1) is 24.9. The molecule has 4 rings (SSSR count). The lowest BCUT2D eigenvalue weighted by Crippen LogP contribution is -2.37. The minimum atomic E-state index is -0.440. The van der Waals surface area contributed by atoms with E-state index in [1.165, 1.54) is 12.1 Å². The van der Waals surface area contributed by atoms with E-state index in [4.69, 9.17) is 0 Å². The van der Waals surface area contributed by atoms with Crippen molar-refractivity contribution in [3.63, 3.8) is 0 Å². The van der Waals surface area contributed by atoms with E-state index in [1.807, 2.05) is 72.6 Å². The van der Waals surface area contributed by atoms with Gasteiger partial charge in [-0.05, 0) is 73.6 Å². The van der Waals surface area contributed by atoms with Crippen LogP contribution in [0.1, 0.15) is 12.5 Å². The van der Waals surface area contributed by atoms with Crippen molar-refractivity contribution in [3.05, 3.63) is 113 Å². The molecular formula is C29H29FN4O2. The maximum Gasteiger partial charge on any atom is 0.275 e. The summed E-state index contributed by atoms with van der Waals surface area (Å²) in [7, 11) is 3.60. The standard InChI is InChI=1S/C29H29FN4O2/c1-20(31-2)28(35)32-26-16-17-27(22-9-5-4-6-10-22)34(29(26)36)19-21-8-7-11-25(18-21)33(3)24-14-12-23(30)13-15-24/h4-18,20,31H,19H2,1-3H3,(H,32,35). The number of carbonyl (C=O) groups excluding carboxylic acids is 1. The third-order valence-electron chi connectivity index (χ3n) is 6.18. The highest BCUT2D eigenvalue weighted by molar-refractivity contribution is 5.94. The molecule has 0 saturated heterocycles. The fourth-order valence-corrected chi connectivity index (χ4v) is 3.92. The number of rotatable bonds is 8. The Bertz CT molecular complexity index is 1400. The molecule has 7 heteroatoms.